The Bertz CT molecular complexity index is 1010. The van der Waals surface area contributed by atoms with Gasteiger partial charge in [-0.25, -0.2) is 0 Å². The van der Waals surface area contributed by atoms with Crippen molar-refractivity contribution >= 4 is 17.7 Å². The highest BCUT2D eigenvalue weighted by molar-refractivity contribution is 5.93. The molecule has 4 heterocycles. The van der Waals surface area contributed by atoms with Crippen LogP contribution < -0.4 is 5.32 Å². The van der Waals surface area contributed by atoms with E-state index in [1.807, 2.05) is 36.5 Å². The van der Waals surface area contributed by atoms with Crippen molar-refractivity contribution in [2.75, 3.05) is 19.6 Å². The Morgan fingerprint density at radius 2 is 1.91 bits per heavy atom. The molecule has 0 radical (unpaired) electrons. The highest BCUT2D eigenvalue weighted by atomic mass is 16.2. The van der Waals surface area contributed by atoms with Crippen molar-refractivity contribution in [3.05, 3.63) is 36.4 Å². The van der Waals surface area contributed by atoms with E-state index in [1.165, 1.54) is 0 Å². The van der Waals surface area contributed by atoms with E-state index in [0.717, 1.165) is 29.7 Å². The van der Waals surface area contributed by atoms with Crippen LogP contribution >= 0.6 is 0 Å². The molecule has 2 saturated heterocycles. The van der Waals surface area contributed by atoms with Gasteiger partial charge in [-0.2, -0.15) is 5.10 Å². The number of carbonyl (C=O) groups excluding carboxylic acids is 3. The number of piperazine rings is 1. The smallest absolute Gasteiger partial charge is 0.245 e. The van der Waals surface area contributed by atoms with Crippen LogP contribution in [0.3, 0.4) is 0 Å². The SMILES string of the molecule is Cn1cc(-c2ccc([C@@H]3CCCN3C(=O)CCC(=O)N3CCNC(=O)C3(C)C)nc2)cn1. The van der Waals surface area contributed by atoms with Gasteiger partial charge in [-0.15, -0.1) is 0 Å². The molecule has 0 unspecified atom stereocenters. The minimum atomic E-state index is -0.894. The topological polar surface area (TPSA) is 100 Å². The first kappa shape index (κ1) is 22.0. The van der Waals surface area contributed by atoms with Gasteiger partial charge < -0.3 is 15.1 Å². The second kappa shape index (κ2) is 8.72. The van der Waals surface area contributed by atoms with Crippen LogP contribution in [0.15, 0.2) is 30.7 Å². The lowest BCUT2D eigenvalue weighted by Crippen LogP contribution is -2.63. The fourth-order valence-corrected chi connectivity index (χ4v) is 4.54. The van der Waals surface area contributed by atoms with Crippen molar-refractivity contribution < 1.29 is 14.4 Å². The number of nitrogens with zero attached hydrogens (tertiary/aromatic N) is 5. The molecule has 1 N–H and O–H groups in total. The summed E-state index contributed by atoms with van der Waals surface area (Å²) < 4.78 is 1.75. The summed E-state index contributed by atoms with van der Waals surface area (Å²) in [7, 11) is 1.87. The first-order chi connectivity index (χ1) is 15.3. The molecule has 2 aliphatic heterocycles. The van der Waals surface area contributed by atoms with E-state index in [4.69, 9.17) is 0 Å². The predicted octanol–water partition coefficient (Wildman–Crippen LogP) is 1.66. The van der Waals surface area contributed by atoms with Crippen molar-refractivity contribution in [2.45, 2.75) is 51.1 Å². The van der Waals surface area contributed by atoms with E-state index >= 15 is 0 Å². The summed E-state index contributed by atoms with van der Waals surface area (Å²) in [5.74, 6) is -0.366. The Labute approximate surface area is 187 Å². The average molecular weight is 439 g/mol. The number of aryl methyl sites for hydroxylation is 1. The largest absolute Gasteiger partial charge is 0.352 e. The lowest BCUT2D eigenvalue weighted by atomic mass is 9.98. The molecule has 4 rings (SSSR count). The van der Waals surface area contributed by atoms with Gasteiger partial charge in [0.1, 0.15) is 5.54 Å². The number of aromatic nitrogens is 3. The van der Waals surface area contributed by atoms with Gasteiger partial charge in [0, 0.05) is 63.0 Å². The molecule has 0 aliphatic carbocycles. The van der Waals surface area contributed by atoms with E-state index < -0.39 is 5.54 Å². The number of nitrogens with one attached hydrogen (secondary N) is 1. The Morgan fingerprint density at radius 3 is 2.59 bits per heavy atom. The second-order valence-corrected chi connectivity index (χ2v) is 8.98. The normalized spacial score (nSPS) is 20.3. The molecule has 3 amide bonds. The zero-order valence-electron chi connectivity index (χ0n) is 18.9. The summed E-state index contributed by atoms with van der Waals surface area (Å²) in [5, 5.41) is 6.98. The Balaban J connectivity index is 1.38. The van der Waals surface area contributed by atoms with Gasteiger partial charge in [0.15, 0.2) is 0 Å². The van der Waals surface area contributed by atoms with Crippen LogP contribution in [-0.4, -0.2) is 67.5 Å². The number of rotatable bonds is 5. The zero-order chi connectivity index (χ0) is 22.9. The number of likely N-dealkylation sites (tertiary alicyclic amines) is 1. The van der Waals surface area contributed by atoms with E-state index in [9.17, 15) is 14.4 Å². The minimum Gasteiger partial charge on any atom is -0.352 e. The lowest BCUT2D eigenvalue weighted by molar-refractivity contribution is -0.150. The van der Waals surface area contributed by atoms with Crippen molar-refractivity contribution in [2.24, 2.45) is 7.05 Å². The van der Waals surface area contributed by atoms with Crippen LogP contribution in [-0.2, 0) is 21.4 Å². The number of carbonyl (C=O) groups is 3. The quantitative estimate of drug-likeness (QED) is 0.765. The fraction of sp³-hybridized carbons (Fsp3) is 0.522. The summed E-state index contributed by atoms with van der Waals surface area (Å²) in [4.78, 5) is 45.9. The lowest BCUT2D eigenvalue weighted by Gasteiger charge is -2.41. The van der Waals surface area contributed by atoms with Crippen LogP contribution in [0.4, 0.5) is 0 Å². The number of amides is 3. The van der Waals surface area contributed by atoms with Crippen molar-refractivity contribution in [1.29, 1.82) is 0 Å². The van der Waals surface area contributed by atoms with E-state index in [-0.39, 0.29) is 36.6 Å². The molecule has 2 fully saturated rings. The Kier molecular flexibility index (Phi) is 5.99. The third-order valence-corrected chi connectivity index (χ3v) is 6.44. The molecular formula is C23H30N6O3. The van der Waals surface area contributed by atoms with Gasteiger partial charge in [-0.1, -0.05) is 6.07 Å². The molecule has 9 heteroatoms. The number of hydrogen-bond donors (Lipinski definition) is 1. The molecule has 1 atom stereocenters. The summed E-state index contributed by atoms with van der Waals surface area (Å²) in [5.41, 5.74) is 1.95. The third kappa shape index (κ3) is 4.24. The molecule has 170 valence electrons. The minimum absolute atomic E-state index is 0.0433. The first-order valence-corrected chi connectivity index (χ1v) is 11.1. The molecule has 0 saturated carbocycles. The molecule has 0 aromatic carbocycles. The van der Waals surface area contributed by atoms with Gasteiger partial charge in [-0.3, -0.25) is 24.0 Å². The van der Waals surface area contributed by atoms with Gasteiger partial charge in [0.25, 0.3) is 0 Å². The Morgan fingerprint density at radius 1 is 1.12 bits per heavy atom. The maximum absolute atomic E-state index is 13.0. The van der Waals surface area contributed by atoms with Crippen molar-refractivity contribution in [1.82, 2.24) is 29.9 Å². The molecule has 2 aromatic rings. The summed E-state index contributed by atoms with van der Waals surface area (Å²) in [6.07, 6.45) is 7.57. The van der Waals surface area contributed by atoms with E-state index in [2.05, 4.69) is 15.4 Å². The Hall–Kier alpha value is -3.23. The fourth-order valence-electron chi connectivity index (χ4n) is 4.54. The highest BCUT2D eigenvalue weighted by Gasteiger charge is 2.40. The molecule has 9 nitrogen and oxygen atoms in total. The van der Waals surface area contributed by atoms with E-state index in [0.29, 0.717) is 19.6 Å². The first-order valence-electron chi connectivity index (χ1n) is 11.1. The van der Waals surface area contributed by atoms with Gasteiger partial charge in [-0.05, 0) is 32.8 Å². The number of hydrogen-bond acceptors (Lipinski definition) is 5. The average Bonchev–Trinajstić information content (AvgIpc) is 3.43. The number of pyridine rings is 1. The third-order valence-electron chi connectivity index (χ3n) is 6.44. The monoisotopic (exact) mass is 438 g/mol. The molecular weight excluding hydrogens is 408 g/mol. The van der Waals surface area contributed by atoms with Crippen molar-refractivity contribution in [3.8, 4) is 11.1 Å². The molecule has 2 aromatic heterocycles. The highest BCUT2D eigenvalue weighted by Crippen LogP contribution is 2.32. The van der Waals surface area contributed by atoms with Crippen LogP contribution in [0.25, 0.3) is 11.1 Å². The molecule has 0 spiro atoms. The second-order valence-electron chi connectivity index (χ2n) is 8.98. The van der Waals surface area contributed by atoms with Gasteiger partial charge >= 0.3 is 0 Å². The van der Waals surface area contributed by atoms with Crippen LogP contribution in [0.1, 0.15) is 51.3 Å². The maximum Gasteiger partial charge on any atom is 0.245 e. The zero-order valence-corrected chi connectivity index (χ0v) is 18.9. The molecule has 2 aliphatic rings. The van der Waals surface area contributed by atoms with Crippen LogP contribution in [0.2, 0.25) is 0 Å². The summed E-state index contributed by atoms with van der Waals surface area (Å²) in [6.45, 7) is 5.04. The van der Waals surface area contributed by atoms with Crippen LogP contribution in [0.5, 0.6) is 0 Å². The summed E-state index contributed by atoms with van der Waals surface area (Å²) in [6, 6.07) is 3.91. The van der Waals surface area contributed by atoms with Crippen LogP contribution in [0, 0.1) is 0 Å². The molecule has 0 bridgehead atoms. The molecule has 32 heavy (non-hydrogen) atoms. The summed E-state index contributed by atoms with van der Waals surface area (Å²) >= 11 is 0. The van der Waals surface area contributed by atoms with Gasteiger partial charge in [0.05, 0.1) is 17.9 Å². The predicted molar refractivity (Wildman–Crippen MR) is 118 cm³/mol. The maximum atomic E-state index is 13.0. The van der Waals surface area contributed by atoms with E-state index in [1.54, 1.807) is 29.6 Å². The van der Waals surface area contributed by atoms with Gasteiger partial charge in [0.2, 0.25) is 17.7 Å². The van der Waals surface area contributed by atoms with Crippen molar-refractivity contribution in [3.63, 3.8) is 0 Å². The standard InChI is InChI=1S/C23H30N6O3/c1-23(2)22(32)24-10-12-29(23)21(31)9-8-20(30)28-11-4-5-19(28)18-7-6-16(13-25-18)17-14-26-27(3)15-17/h6-7,13-15,19H,4-5,8-12H2,1-3H3,(H,24,32)/t19-/m0/s1.